The molecule has 0 saturated heterocycles. The molecule has 0 spiro atoms. The second-order valence-electron chi connectivity index (χ2n) is 8.99. The van der Waals surface area contributed by atoms with E-state index in [4.69, 9.17) is 5.73 Å². The zero-order valence-electron chi connectivity index (χ0n) is 20.4. The van der Waals surface area contributed by atoms with Crippen molar-refractivity contribution in [1.82, 2.24) is 35.9 Å². The molecule has 198 valence electrons. The number of rotatable bonds is 14. The first kappa shape index (κ1) is 28.5. The van der Waals surface area contributed by atoms with Gasteiger partial charge in [-0.1, -0.05) is 13.8 Å². The Bertz CT molecular complexity index is 992. The standard InChI is InChI=1S/C22H34N8O6/c1-11(2)4-16(20(33)29-17(22(35)36)6-14-8-25-10-27-14)28-21(34)18(12(3)31)30-19(32)15(23)5-13-7-24-9-26-13/h7-12,15-18,31H,4-6,23H2,1-3H3,(H,24,26)(H,25,27)(H,28,34)(H,29,33)(H,30,32)(H,35,36). The topological polar surface area (TPSA) is 228 Å². The number of nitrogens with two attached hydrogens (primary N) is 1. The van der Waals surface area contributed by atoms with Gasteiger partial charge in [-0.3, -0.25) is 14.4 Å². The number of carbonyl (C=O) groups is 4. The molecule has 0 saturated carbocycles. The monoisotopic (exact) mass is 506 g/mol. The van der Waals surface area contributed by atoms with Crippen LogP contribution < -0.4 is 21.7 Å². The summed E-state index contributed by atoms with van der Waals surface area (Å²) in [5.74, 6) is -3.50. The van der Waals surface area contributed by atoms with Gasteiger partial charge >= 0.3 is 5.97 Å². The Labute approximate surface area is 207 Å². The van der Waals surface area contributed by atoms with E-state index in [1.54, 1.807) is 0 Å². The van der Waals surface area contributed by atoms with Gasteiger partial charge in [-0.2, -0.15) is 0 Å². The lowest BCUT2D eigenvalue weighted by molar-refractivity contribution is -0.142. The number of aliphatic carboxylic acids is 1. The molecule has 14 nitrogen and oxygen atoms in total. The van der Waals surface area contributed by atoms with Crippen molar-refractivity contribution >= 4 is 23.7 Å². The molecule has 2 rings (SSSR count). The van der Waals surface area contributed by atoms with Gasteiger partial charge in [-0.25, -0.2) is 14.8 Å². The Morgan fingerprint density at radius 3 is 1.92 bits per heavy atom. The number of amides is 3. The Morgan fingerprint density at radius 2 is 1.44 bits per heavy atom. The number of aliphatic hydroxyl groups excluding tert-OH is 1. The SMILES string of the molecule is CC(C)CC(NC(=O)C(NC(=O)C(N)Cc1cnc[nH]1)C(C)O)C(=O)NC(Cc1cnc[nH]1)C(=O)O. The van der Waals surface area contributed by atoms with Gasteiger partial charge in [0.05, 0.1) is 24.8 Å². The number of nitrogens with one attached hydrogen (secondary N) is 5. The zero-order chi connectivity index (χ0) is 26.8. The molecule has 0 fully saturated rings. The third kappa shape index (κ3) is 8.78. The highest BCUT2D eigenvalue weighted by atomic mass is 16.4. The fourth-order valence-electron chi connectivity index (χ4n) is 3.44. The molecule has 2 aromatic rings. The summed E-state index contributed by atoms with van der Waals surface area (Å²) in [4.78, 5) is 63.5. The molecule has 0 bridgehead atoms. The Kier molecular flexibility index (Phi) is 10.5. The summed E-state index contributed by atoms with van der Waals surface area (Å²) >= 11 is 0. The van der Waals surface area contributed by atoms with Crippen molar-refractivity contribution < 1.29 is 29.4 Å². The number of nitrogens with zero attached hydrogens (tertiary/aromatic N) is 2. The molecule has 14 heteroatoms. The minimum absolute atomic E-state index is 0.0377. The first-order valence-corrected chi connectivity index (χ1v) is 11.5. The highest BCUT2D eigenvalue weighted by molar-refractivity contribution is 5.94. The second kappa shape index (κ2) is 13.3. The fraction of sp³-hybridized carbons (Fsp3) is 0.545. The van der Waals surface area contributed by atoms with E-state index in [9.17, 15) is 29.4 Å². The Morgan fingerprint density at radius 1 is 0.889 bits per heavy atom. The van der Waals surface area contributed by atoms with Crippen LogP contribution in [-0.4, -0.2) is 84.1 Å². The van der Waals surface area contributed by atoms with Crippen LogP contribution in [0.1, 0.15) is 38.6 Å². The normalized spacial score (nSPS) is 15.4. The minimum Gasteiger partial charge on any atom is -0.480 e. The molecule has 0 radical (unpaired) electrons. The summed E-state index contributed by atoms with van der Waals surface area (Å²) in [7, 11) is 0. The molecule has 0 aliphatic rings. The van der Waals surface area contributed by atoms with Crippen LogP contribution in [0.15, 0.2) is 25.0 Å². The third-order valence-corrected chi connectivity index (χ3v) is 5.33. The van der Waals surface area contributed by atoms with Gasteiger partial charge < -0.3 is 41.9 Å². The van der Waals surface area contributed by atoms with Crippen molar-refractivity contribution in [3.8, 4) is 0 Å². The molecule has 5 unspecified atom stereocenters. The van der Waals surface area contributed by atoms with Crippen LogP contribution >= 0.6 is 0 Å². The summed E-state index contributed by atoms with van der Waals surface area (Å²) in [6.45, 7) is 4.97. The molecule has 2 heterocycles. The maximum Gasteiger partial charge on any atom is 0.326 e. The van der Waals surface area contributed by atoms with E-state index in [1.807, 2.05) is 13.8 Å². The van der Waals surface area contributed by atoms with E-state index in [0.29, 0.717) is 11.4 Å². The average molecular weight is 507 g/mol. The number of aromatic amines is 2. The lowest BCUT2D eigenvalue weighted by Gasteiger charge is -2.27. The van der Waals surface area contributed by atoms with E-state index in [2.05, 4.69) is 35.9 Å². The smallest absolute Gasteiger partial charge is 0.326 e. The maximum absolute atomic E-state index is 13.0. The summed E-state index contributed by atoms with van der Waals surface area (Å²) in [5.41, 5.74) is 7.04. The molecule has 2 aromatic heterocycles. The summed E-state index contributed by atoms with van der Waals surface area (Å²) in [6.07, 6.45) is 4.77. The molecule has 0 aromatic carbocycles. The summed E-state index contributed by atoms with van der Waals surface area (Å²) in [5, 5.41) is 27.1. The molecule has 36 heavy (non-hydrogen) atoms. The lowest BCUT2D eigenvalue weighted by atomic mass is 10.0. The van der Waals surface area contributed by atoms with Crippen molar-refractivity contribution in [2.75, 3.05) is 0 Å². The summed E-state index contributed by atoms with van der Waals surface area (Å²) < 4.78 is 0. The van der Waals surface area contributed by atoms with Gasteiger partial charge in [0.25, 0.3) is 0 Å². The quantitative estimate of drug-likeness (QED) is 0.144. The molecule has 5 atom stereocenters. The molecule has 0 aliphatic heterocycles. The Hall–Kier alpha value is -3.78. The highest BCUT2D eigenvalue weighted by Crippen LogP contribution is 2.08. The van der Waals surface area contributed by atoms with Gasteiger partial charge in [0, 0.05) is 36.6 Å². The van der Waals surface area contributed by atoms with Crippen LogP contribution in [-0.2, 0) is 32.0 Å². The number of carbonyl (C=O) groups excluding carboxylic acids is 3. The van der Waals surface area contributed by atoms with Gasteiger partial charge in [0.15, 0.2) is 0 Å². The predicted molar refractivity (Wildman–Crippen MR) is 127 cm³/mol. The number of carboxylic acids is 1. The molecule has 3 amide bonds. The van der Waals surface area contributed by atoms with Crippen LogP contribution in [0, 0.1) is 5.92 Å². The number of aromatic nitrogens is 4. The van der Waals surface area contributed by atoms with E-state index in [0.717, 1.165) is 0 Å². The van der Waals surface area contributed by atoms with E-state index < -0.39 is 54.0 Å². The van der Waals surface area contributed by atoms with Crippen molar-refractivity contribution in [2.24, 2.45) is 11.7 Å². The lowest BCUT2D eigenvalue weighted by Crippen LogP contribution is -2.60. The van der Waals surface area contributed by atoms with Gasteiger partial charge in [-0.05, 0) is 19.3 Å². The van der Waals surface area contributed by atoms with Gasteiger partial charge in [0.1, 0.15) is 18.1 Å². The van der Waals surface area contributed by atoms with Crippen molar-refractivity contribution in [3.05, 3.63) is 36.4 Å². The van der Waals surface area contributed by atoms with Crippen molar-refractivity contribution in [3.63, 3.8) is 0 Å². The minimum atomic E-state index is -1.40. The average Bonchev–Trinajstić information content (AvgIpc) is 3.49. The third-order valence-electron chi connectivity index (χ3n) is 5.33. The number of aliphatic hydroxyl groups is 1. The first-order chi connectivity index (χ1) is 17.0. The Balaban J connectivity index is 2.07. The molecular formula is C22H34N8O6. The van der Waals surface area contributed by atoms with Gasteiger partial charge in [0.2, 0.25) is 17.7 Å². The number of carboxylic acid groups (broad SMARTS) is 1. The molecule has 0 aliphatic carbocycles. The number of hydrogen-bond acceptors (Lipinski definition) is 8. The number of hydrogen-bond donors (Lipinski definition) is 8. The number of imidazole rings is 2. The number of H-pyrrole nitrogens is 2. The first-order valence-electron chi connectivity index (χ1n) is 11.5. The van der Waals surface area contributed by atoms with E-state index in [-0.39, 0.29) is 25.2 Å². The molecule has 9 N–H and O–H groups in total. The fourth-order valence-corrected chi connectivity index (χ4v) is 3.44. The van der Waals surface area contributed by atoms with Crippen molar-refractivity contribution in [1.29, 1.82) is 0 Å². The largest absolute Gasteiger partial charge is 0.480 e. The van der Waals surface area contributed by atoms with Crippen LogP contribution in [0.3, 0.4) is 0 Å². The zero-order valence-corrected chi connectivity index (χ0v) is 20.4. The van der Waals surface area contributed by atoms with Gasteiger partial charge in [-0.15, -0.1) is 0 Å². The van der Waals surface area contributed by atoms with Crippen LogP contribution in [0.4, 0.5) is 0 Å². The summed E-state index contributed by atoms with van der Waals surface area (Å²) in [6, 6.07) is -4.80. The van der Waals surface area contributed by atoms with E-state index in [1.165, 1.54) is 32.0 Å². The predicted octanol–water partition coefficient (Wildman–Crippen LogP) is -1.79. The molecular weight excluding hydrogens is 472 g/mol. The second-order valence-corrected chi connectivity index (χ2v) is 8.99. The highest BCUT2D eigenvalue weighted by Gasteiger charge is 2.33. The van der Waals surface area contributed by atoms with Crippen LogP contribution in [0.25, 0.3) is 0 Å². The van der Waals surface area contributed by atoms with Crippen LogP contribution in [0.5, 0.6) is 0 Å². The van der Waals surface area contributed by atoms with E-state index >= 15 is 0 Å². The van der Waals surface area contributed by atoms with Crippen LogP contribution in [0.2, 0.25) is 0 Å². The van der Waals surface area contributed by atoms with Crippen molar-refractivity contribution in [2.45, 2.75) is 70.3 Å². The maximum atomic E-state index is 13.0.